The van der Waals surface area contributed by atoms with Crippen molar-refractivity contribution < 1.29 is 9.18 Å². The highest BCUT2D eigenvalue weighted by molar-refractivity contribution is 9.10. The van der Waals surface area contributed by atoms with Crippen LogP contribution >= 0.6 is 15.9 Å². The number of aromatic nitrogens is 2. The van der Waals surface area contributed by atoms with Gasteiger partial charge >= 0.3 is 0 Å². The third-order valence-electron chi connectivity index (χ3n) is 2.23. The zero-order chi connectivity index (χ0) is 13.0. The molecule has 0 saturated carbocycles. The van der Waals surface area contributed by atoms with Crippen molar-refractivity contribution in [2.24, 2.45) is 0 Å². The van der Waals surface area contributed by atoms with Crippen LogP contribution < -0.4 is 5.32 Å². The van der Waals surface area contributed by atoms with E-state index in [0.717, 1.165) is 0 Å². The molecule has 0 aliphatic carbocycles. The van der Waals surface area contributed by atoms with Crippen LogP contribution in [0, 0.1) is 5.82 Å². The van der Waals surface area contributed by atoms with Crippen LogP contribution in [0.2, 0.25) is 0 Å². The molecule has 1 N–H and O–H groups in total. The lowest BCUT2D eigenvalue weighted by Gasteiger charge is -2.06. The number of nitrogens with zero attached hydrogens (tertiary/aromatic N) is 2. The first-order valence-electron chi connectivity index (χ1n) is 5.16. The Kier molecular flexibility index (Phi) is 3.99. The van der Waals surface area contributed by atoms with E-state index in [-0.39, 0.29) is 12.5 Å². The third-order valence-corrected chi connectivity index (χ3v) is 2.89. The number of nitrogens with one attached hydrogen (secondary N) is 1. The Morgan fingerprint density at radius 2 is 2.22 bits per heavy atom. The predicted octanol–water partition coefficient (Wildman–Crippen LogP) is 2.31. The van der Waals surface area contributed by atoms with Crippen molar-refractivity contribution in [3.05, 3.63) is 58.1 Å². The maximum atomic E-state index is 12.9. The van der Waals surface area contributed by atoms with Gasteiger partial charge in [-0.3, -0.25) is 4.79 Å². The molecule has 0 fully saturated rings. The summed E-state index contributed by atoms with van der Waals surface area (Å²) < 4.78 is 13.3. The van der Waals surface area contributed by atoms with E-state index in [4.69, 9.17) is 0 Å². The molecule has 2 aromatic rings. The number of carbonyl (C=O) groups is 1. The average molecular weight is 310 g/mol. The first-order valence-corrected chi connectivity index (χ1v) is 5.96. The van der Waals surface area contributed by atoms with Crippen LogP contribution in [-0.4, -0.2) is 16.1 Å². The first kappa shape index (κ1) is 12.6. The maximum absolute atomic E-state index is 12.9. The Hall–Kier alpha value is -1.82. The number of hydrogen-bond donors (Lipinski definition) is 1. The van der Waals surface area contributed by atoms with Crippen LogP contribution in [0.1, 0.15) is 16.1 Å². The summed E-state index contributed by atoms with van der Waals surface area (Å²) in [5, 5.41) is 10.2. The quantitative estimate of drug-likeness (QED) is 0.946. The summed E-state index contributed by atoms with van der Waals surface area (Å²) in [6.45, 7) is 0.274. The molecule has 6 heteroatoms. The van der Waals surface area contributed by atoms with E-state index in [1.54, 1.807) is 18.3 Å². The van der Waals surface area contributed by atoms with Crippen LogP contribution in [-0.2, 0) is 6.54 Å². The van der Waals surface area contributed by atoms with E-state index in [9.17, 15) is 9.18 Å². The van der Waals surface area contributed by atoms with Crippen molar-refractivity contribution >= 4 is 21.8 Å². The van der Waals surface area contributed by atoms with Crippen molar-refractivity contribution in [3.63, 3.8) is 0 Å². The molecule has 1 amide bonds. The van der Waals surface area contributed by atoms with Crippen molar-refractivity contribution in [3.8, 4) is 0 Å². The van der Waals surface area contributed by atoms with Gasteiger partial charge in [0.05, 0.1) is 17.8 Å². The van der Waals surface area contributed by atoms with Gasteiger partial charge in [-0.15, -0.1) is 0 Å². The average Bonchev–Trinajstić information content (AvgIpc) is 2.37. The SMILES string of the molecule is O=C(NCc1cccnn1)c1ccc(F)cc1Br. The molecule has 1 heterocycles. The highest BCUT2D eigenvalue weighted by atomic mass is 79.9. The Labute approximate surface area is 111 Å². The number of halogens is 2. The molecule has 0 bridgehead atoms. The smallest absolute Gasteiger partial charge is 0.252 e. The van der Waals surface area contributed by atoms with Gasteiger partial charge in [0, 0.05) is 10.7 Å². The monoisotopic (exact) mass is 309 g/mol. The van der Waals surface area contributed by atoms with Gasteiger partial charge in [0.1, 0.15) is 5.82 Å². The van der Waals surface area contributed by atoms with Crippen molar-refractivity contribution in [2.75, 3.05) is 0 Å². The summed E-state index contributed by atoms with van der Waals surface area (Å²) in [6, 6.07) is 7.40. The summed E-state index contributed by atoms with van der Waals surface area (Å²) in [5.74, 6) is -0.695. The lowest BCUT2D eigenvalue weighted by Crippen LogP contribution is -2.23. The van der Waals surface area contributed by atoms with Gasteiger partial charge in [-0.05, 0) is 46.3 Å². The molecule has 0 radical (unpaired) electrons. The van der Waals surface area contributed by atoms with Crippen LogP contribution in [0.25, 0.3) is 0 Å². The van der Waals surface area contributed by atoms with Crippen molar-refractivity contribution in [1.29, 1.82) is 0 Å². The van der Waals surface area contributed by atoms with Gasteiger partial charge < -0.3 is 5.32 Å². The molecular weight excluding hydrogens is 301 g/mol. The molecule has 4 nitrogen and oxygen atoms in total. The highest BCUT2D eigenvalue weighted by Gasteiger charge is 2.10. The molecule has 0 unspecified atom stereocenters. The summed E-state index contributed by atoms with van der Waals surface area (Å²) in [6.07, 6.45) is 1.56. The predicted molar refractivity (Wildman–Crippen MR) is 67.3 cm³/mol. The van der Waals surface area contributed by atoms with Crippen LogP contribution in [0.5, 0.6) is 0 Å². The summed E-state index contributed by atoms with van der Waals surface area (Å²) in [5.41, 5.74) is 1.03. The minimum atomic E-state index is -0.396. The van der Waals surface area contributed by atoms with Crippen LogP contribution in [0.3, 0.4) is 0 Å². The highest BCUT2D eigenvalue weighted by Crippen LogP contribution is 2.17. The second-order valence-corrected chi connectivity index (χ2v) is 4.38. The molecule has 92 valence electrons. The number of rotatable bonds is 3. The summed E-state index contributed by atoms with van der Waals surface area (Å²) in [7, 11) is 0. The molecule has 0 atom stereocenters. The second-order valence-electron chi connectivity index (χ2n) is 3.52. The molecular formula is C12H9BrFN3O. The summed E-state index contributed by atoms with van der Waals surface area (Å²) in [4.78, 5) is 11.8. The molecule has 0 aliphatic heterocycles. The second kappa shape index (κ2) is 5.68. The lowest BCUT2D eigenvalue weighted by molar-refractivity contribution is 0.0949. The summed E-state index contributed by atoms with van der Waals surface area (Å²) >= 11 is 3.15. The van der Waals surface area contributed by atoms with Gasteiger partial charge in [-0.25, -0.2) is 4.39 Å². The van der Waals surface area contributed by atoms with Gasteiger partial charge in [0.25, 0.3) is 5.91 Å². The number of hydrogen-bond acceptors (Lipinski definition) is 3. The number of carbonyl (C=O) groups excluding carboxylic acids is 1. The molecule has 1 aromatic carbocycles. The van der Waals surface area contributed by atoms with E-state index in [1.807, 2.05) is 0 Å². The topological polar surface area (TPSA) is 54.9 Å². The van der Waals surface area contributed by atoms with E-state index < -0.39 is 5.82 Å². The largest absolute Gasteiger partial charge is 0.346 e. The molecule has 1 aromatic heterocycles. The first-order chi connectivity index (χ1) is 8.66. The van der Waals surface area contributed by atoms with Gasteiger partial charge in [0.2, 0.25) is 0 Å². The standard InChI is InChI=1S/C12H9BrFN3O/c13-11-6-8(14)3-4-10(11)12(18)15-7-9-2-1-5-16-17-9/h1-6H,7H2,(H,15,18). The lowest BCUT2D eigenvalue weighted by atomic mass is 10.2. The van der Waals surface area contributed by atoms with Crippen molar-refractivity contribution in [1.82, 2.24) is 15.5 Å². The Morgan fingerprint density at radius 1 is 1.39 bits per heavy atom. The normalized spacial score (nSPS) is 10.1. The molecule has 18 heavy (non-hydrogen) atoms. The van der Waals surface area contributed by atoms with Crippen molar-refractivity contribution in [2.45, 2.75) is 6.54 Å². The molecule has 2 rings (SSSR count). The number of amides is 1. The maximum Gasteiger partial charge on any atom is 0.252 e. The fourth-order valence-corrected chi connectivity index (χ4v) is 1.90. The van der Waals surface area contributed by atoms with Crippen LogP contribution in [0.15, 0.2) is 41.0 Å². The van der Waals surface area contributed by atoms with E-state index in [0.29, 0.717) is 15.7 Å². The van der Waals surface area contributed by atoms with Crippen LogP contribution in [0.4, 0.5) is 4.39 Å². The van der Waals surface area contributed by atoms with E-state index >= 15 is 0 Å². The fourth-order valence-electron chi connectivity index (χ4n) is 1.37. The third kappa shape index (κ3) is 3.10. The zero-order valence-electron chi connectivity index (χ0n) is 9.23. The molecule has 0 saturated heterocycles. The molecule has 0 aliphatic rings. The van der Waals surface area contributed by atoms with E-state index in [1.165, 1.54) is 18.2 Å². The minimum Gasteiger partial charge on any atom is -0.346 e. The fraction of sp³-hybridized carbons (Fsp3) is 0.0833. The molecule has 0 spiro atoms. The van der Waals surface area contributed by atoms with Gasteiger partial charge in [-0.2, -0.15) is 10.2 Å². The Bertz CT molecular complexity index is 563. The van der Waals surface area contributed by atoms with E-state index in [2.05, 4.69) is 31.4 Å². The Balaban J connectivity index is 2.04. The zero-order valence-corrected chi connectivity index (χ0v) is 10.8. The minimum absolute atomic E-state index is 0.274. The Morgan fingerprint density at radius 3 is 2.89 bits per heavy atom. The van der Waals surface area contributed by atoms with Gasteiger partial charge in [0.15, 0.2) is 0 Å². The number of benzene rings is 1. The van der Waals surface area contributed by atoms with Gasteiger partial charge in [-0.1, -0.05) is 0 Å².